The fraction of sp³-hybridized carbons (Fsp3) is 1.00. The molecule has 96 valence electrons. The second kappa shape index (κ2) is 8.04. The molecule has 0 aromatic rings. The lowest BCUT2D eigenvalue weighted by molar-refractivity contribution is 0.150. The van der Waals surface area contributed by atoms with Crippen LogP contribution in [0.15, 0.2) is 0 Å². The smallest absolute Gasteiger partial charge is 0.0615 e. The lowest BCUT2D eigenvalue weighted by Gasteiger charge is -2.26. The van der Waals surface area contributed by atoms with Gasteiger partial charge in [-0.2, -0.15) is 0 Å². The Balaban J connectivity index is 2.27. The van der Waals surface area contributed by atoms with E-state index in [1.807, 2.05) is 0 Å². The maximum Gasteiger partial charge on any atom is 0.0615 e. The maximum atomic E-state index is 5.56. The van der Waals surface area contributed by atoms with Crippen molar-refractivity contribution in [2.45, 2.75) is 57.5 Å². The van der Waals surface area contributed by atoms with Crippen molar-refractivity contribution < 1.29 is 4.74 Å². The van der Waals surface area contributed by atoms with E-state index in [9.17, 15) is 0 Å². The largest absolute Gasteiger partial charge is 0.383 e. The molecule has 0 aromatic carbocycles. The highest BCUT2D eigenvalue weighted by Crippen LogP contribution is 2.27. The topological polar surface area (TPSA) is 47.3 Å². The van der Waals surface area contributed by atoms with Crippen LogP contribution >= 0.6 is 0 Å². The molecule has 1 aliphatic carbocycles. The third-order valence-electron chi connectivity index (χ3n) is 3.73. The summed E-state index contributed by atoms with van der Waals surface area (Å²) in [5.74, 6) is 0.872. The molecular formula is C13H28N2O. The van der Waals surface area contributed by atoms with Gasteiger partial charge in [0.15, 0.2) is 0 Å². The minimum atomic E-state index is 0.476. The van der Waals surface area contributed by atoms with Crippen molar-refractivity contribution in [2.24, 2.45) is 11.7 Å². The van der Waals surface area contributed by atoms with Crippen LogP contribution in [0.25, 0.3) is 0 Å². The van der Waals surface area contributed by atoms with Crippen LogP contribution in [0.2, 0.25) is 0 Å². The molecule has 0 saturated heterocycles. The van der Waals surface area contributed by atoms with Gasteiger partial charge in [-0.05, 0) is 45.1 Å². The first-order valence-corrected chi connectivity index (χ1v) is 6.73. The highest BCUT2D eigenvalue weighted by Gasteiger charge is 2.23. The van der Waals surface area contributed by atoms with E-state index in [2.05, 4.69) is 12.2 Å². The van der Waals surface area contributed by atoms with Crippen LogP contribution in [0.3, 0.4) is 0 Å². The Bertz CT molecular complexity index is 169. The molecule has 1 rings (SSSR count). The zero-order chi connectivity index (χ0) is 11.8. The predicted molar refractivity (Wildman–Crippen MR) is 68.5 cm³/mol. The fourth-order valence-corrected chi connectivity index (χ4v) is 2.75. The summed E-state index contributed by atoms with van der Waals surface area (Å²) in [5, 5.41) is 3.71. The van der Waals surface area contributed by atoms with Crippen molar-refractivity contribution in [2.75, 3.05) is 20.3 Å². The van der Waals surface area contributed by atoms with E-state index in [1.165, 1.54) is 25.7 Å². The summed E-state index contributed by atoms with van der Waals surface area (Å²) in [6.45, 7) is 3.90. The molecule has 1 fully saturated rings. The van der Waals surface area contributed by atoms with E-state index in [0.29, 0.717) is 12.1 Å². The normalized spacial score (nSPS) is 21.2. The number of methoxy groups -OCH3 is 1. The third-order valence-corrected chi connectivity index (χ3v) is 3.73. The lowest BCUT2D eigenvalue weighted by Crippen LogP contribution is -2.42. The van der Waals surface area contributed by atoms with Crippen molar-refractivity contribution in [3.8, 4) is 0 Å². The minimum absolute atomic E-state index is 0.476. The molecule has 3 heteroatoms. The third kappa shape index (κ3) is 4.81. The van der Waals surface area contributed by atoms with E-state index in [0.717, 1.165) is 31.9 Å². The summed E-state index contributed by atoms with van der Waals surface area (Å²) >= 11 is 0. The zero-order valence-corrected chi connectivity index (χ0v) is 10.9. The molecule has 0 heterocycles. The number of hydrogen-bond acceptors (Lipinski definition) is 3. The van der Waals surface area contributed by atoms with Crippen molar-refractivity contribution in [1.82, 2.24) is 5.32 Å². The number of hydrogen-bond donors (Lipinski definition) is 2. The molecule has 1 saturated carbocycles. The van der Waals surface area contributed by atoms with Crippen LogP contribution in [0.1, 0.15) is 45.4 Å². The Kier molecular flexibility index (Phi) is 7.01. The van der Waals surface area contributed by atoms with Gasteiger partial charge in [-0.1, -0.05) is 12.8 Å². The van der Waals surface area contributed by atoms with Crippen LogP contribution in [-0.4, -0.2) is 32.3 Å². The van der Waals surface area contributed by atoms with Gasteiger partial charge < -0.3 is 15.8 Å². The van der Waals surface area contributed by atoms with Crippen molar-refractivity contribution in [3.63, 3.8) is 0 Å². The predicted octanol–water partition coefficient (Wildman–Crippen LogP) is 1.91. The van der Waals surface area contributed by atoms with Gasteiger partial charge in [0.2, 0.25) is 0 Å². The number of nitrogens with two attached hydrogens (primary N) is 1. The zero-order valence-electron chi connectivity index (χ0n) is 10.9. The monoisotopic (exact) mass is 228 g/mol. The first kappa shape index (κ1) is 13.9. The summed E-state index contributed by atoms with van der Waals surface area (Å²) in [5.41, 5.74) is 5.56. The van der Waals surface area contributed by atoms with Gasteiger partial charge in [-0.3, -0.25) is 0 Å². The van der Waals surface area contributed by atoms with Crippen LogP contribution < -0.4 is 11.1 Å². The Morgan fingerprint density at radius 1 is 1.38 bits per heavy atom. The van der Waals surface area contributed by atoms with E-state index < -0.39 is 0 Å². The van der Waals surface area contributed by atoms with Gasteiger partial charge in [0.1, 0.15) is 0 Å². The summed E-state index contributed by atoms with van der Waals surface area (Å²) in [6, 6.07) is 1.10. The summed E-state index contributed by atoms with van der Waals surface area (Å²) in [6.07, 6.45) is 7.82. The Morgan fingerprint density at radius 2 is 2.06 bits per heavy atom. The van der Waals surface area contributed by atoms with Crippen LogP contribution in [0, 0.1) is 5.92 Å². The highest BCUT2D eigenvalue weighted by atomic mass is 16.5. The Labute approximate surface area is 100 Å². The van der Waals surface area contributed by atoms with Crippen molar-refractivity contribution >= 4 is 0 Å². The quantitative estimate of drug-likeness (QED) is 0.667. The van der Waals surface area contributed by atoms with Gasteiger partial charge in [0, 0.05) is 19.2 Å². The van der Waals surface area contributed by atoms with E-state index >= 15 is 0 Å². The second-order valence-corrected chi connectivity index (χ2v) is 5.08. The van der Waals surface area contributed by atoms with E-state index in [4.69, 9.17) is 10.5 Å². The Hall–Kier alpha value is -0.120. The van der Waals surface area contributed by atoms with E-state index in [-0.39, 0.29) is 0 Å². The van der Waals surface area contributed by atoms with Gasteiger partial charge in [-0.15, -0.1) is 0 Å². The van der Waals surface area contributed by atoms with Crippen molar-refractivity contribution in [3.05, 3.63) is 0 Å². The molecule has 0 spiro atoms. The van der Waals surface area contributed by atoms with Crippen LogP contribution in [0.5, 0.6) is 0 Å². The standard InChI is InChI=1S/C13H28N2O/c1-11(12-6-3-4-7-12)15-13(10-16-2)8-5-9-14/h11-13,15H,3-10,14H2,1-2H3. The van der Waals surface area contributed by atoms with Gasteiger partial charge >= 0.3 is 0 Å². The Morgan fingerprint density at radius 3 is 2.62 bits per heavy atom. The molecule has 0 radical (unpaired) electrons. The molecular weight excluding hydrogens is 200 g/mol. The van der Waals surface area contributed by atoms with Crippen LogP contribution in [0.4, 0.5) is 0 Å². The first-order chi connectivity index (χ1) is 7.77. The summed E-state index contributed by atoms with van der Waals surface area (Å²) in [4.78, 5) is 0. The maximum absolute atomic E-state index is 5.56. The second-order valence-electron chi connectivity index (χ2n) is 5.08. The van der Waals surface area contributed by atoms with Gasteiger partial charge in [-0.25, -0.2) is 0 Å². The minimum Gasteiger partial charge on any atom is -0.383 e. The molecule has 2 atom stereocenters. The molecule has 0 amide bonds. The SMILES string of the molecule is COCC(CCCN)NC(C)C1CCCC1. The van der Waals surface area contributed by atoms with Crippen LogP contribution in [-0.2, 0) is 4.74 Å². The van der Waals surface area contributed by atoms with E-state index in [1.54, 1.807) is 7.11 Å². The molecule has 16 heavy (non-hydrogen) atoms. The molecule has 0 aromatic heterocycles. The molecule has 0 aliphatic heterocycles. The summed E-state index contributed by atoms with van der Waals surface area (Å²) in [7, 11) is 1.78. The number of rotatable bonds is 8. The number of ether oxygens (including phenoxy) is 1. The van der Waals surface area contributed by atoms with Crippen molar-refractivity contribution in [1.29, 1.82) is 0 Å². The highest BCUT2D eigenvalue weighted by molar-refractivity contribution is 4.80. The fourth-order valence-electron chi connectivity index (χ4n) is 2.75. The number of nitrogens with one attached hydrogen (secondary N) is 1. The average molecular weight is 228 g/mol. The summed E-state index contributed by atoms with van der Waals surface area (Å²) < 4.78 is 5.26. The molecule has 3 nitrogen and oxygen atoms in total. The van der Waals surface area contributed by atoms with Gasteiger partial charge in [0.25, 0.3) is 0 Å². The molecule has 2 unspecified atom stereocenters. The molecule has 0 bridgehead atoms. The average Bonchev–Trinajstić information content (AvgIpc) is 2.79. The lowest BCUT2D eigenvalue weighted by atomic mass is 9.98. The molecule has 3 N–H and O–H groups in total. The van der Waals surface area contributed by atoms with Gasteiger partial charge in [0.05, 0.1) is 6.61 Å². The first-order valence-electron chi connectivity index (χ1n) is 6.73. The molecule has 1 aliphatic rings.